The van der Waals surface area contributed by atoms with Crippen LogP contribution in [-0.4, -0.2) is 5.78 Å². The Morgan fingerprint density at radius 2 is 1.67 bits per heavy atom. The van der Waals surface area contributed by atoms with Gasteiger partial charge in [-0.25, -0.2) is 0 Å². The lowest BCUT2D eigenvalue weighted by Crippen LogP contribution is -2.33. The van der Waals surface area contributed by atoms with E-state index in [9.17, 15) is 4.79 Å². The van der Waals surface area contributed by atoms with E-state index in [4.69, 9.17) is 0 Å². The van der Waals surface area contributed by atoms with Gasteiger partial charge in [0.25, 0.3) is 0 Å². The van der Waals surface area contributed by atoms with E-state index in [0.717, 1.165) is 24.2 Å². The van der Waals surface area contributed by atoms with E-state index >= 15 is 0 Å². The van der Waals surface area contributed by atoms with Gasteiger partial charge in [-0.05, 0) is 37.0 Å². The quantitative estimate of drug-likeness (QED) is 0.540. The van der Waals surface area contributed by atoms with Crippen LogP contribution in [0, 0.1) is 23.7 Å². The molecule has 68 valence electrons. The summed E-state index contributed by atoms with van der Waals surface area (Å²) >= 11 is 0. The van der Waals surface area contributed by atoms with Crippen LogP contribution < -0.4 is 0 Å². The fourth-order valence-corrected chi connectivity index (χ4v) is 3.45. The van der Waals surface area contributed by atoms with Gasteiger partial charge in [0.05, 0.1) is 0 Å². The van der Waals surface area contributed by atoms with Crippen molar-refractivity contribution in [3.8, 4) is 0 Å². The monoisotopic (exact) mass is 166 g/mol. The summed E-state index contributed by atoms with van der Waals surface area (Å²) < 4.78 is 0. The lowest BCUT2D eigenvalue weighted by molar-refractivity contribution is -0.129. The number of carbonyl (C=O) groups excluding carboxylic acids is 1. The highest BCUT2D eigenvalue weighted by atomic mass is 16.1. The molecule has 4 rings (SSSR count). The largest absolute Gasteiger partial charge is 0.299 e. The normalized spacial score (nSPS) is 47.7. The first-order chi connectivity index (χ1) is 5.84. The van der Waals surface area contributed by atoms with E-state index in [1.54, 1.807) is 0 Å². The Hall–Kier alpha value is -0.330. The predicted molar refractivity (Wildman–Crippen MR) is 48.8 cm³/mol. The second-order valence-corrected chi connectivity index (χ2v) is 4.26. The second kappa shape index (κ2) is 2.86. The molecular weight excluding hydrogens is 148 g/mol. The zero-order valence-corrected chi connectivity index (χ0v) is 8.05. The third-order valence-corrected chi connectivity index (χ3v) is 3.88. The predicted octanol–water partition coefficient (Wildman–Crippen LogP) is 2.65. The number of rotatable bonds is 0. The third-order valence-electron chi connectivity index (χ3n) is 3.88. The van der Waals surface area contributed by atoms with Crippen LogP contribution in [0.3, 0.4) is 0 Å². The number of ketones is 1. The Balaban J connectivity index is 0.000000264. The molecule has 0 aromatic heterocycles. The molecule has 4 saturated carbocycles. The van der Waals surface area contributed by atoms with Crippen LogP contribution in [0.5, 0.6) is 0 Å². The summed E-state index contributed by atoms with van der Waals surface area (Å²) in [5.41, 5.74) is 0. The Morgan fingerprint density at radius 1 is 1.00 bits per heavy atom. The molecule has 0 radical (unpaired) electrons. The standard InChI is InChI=1S/C9H12O.C2H6/c10-9-4-6-2-7-1-5(6)3-8(7)9;1-2/h5-8H,1-4H2;1-2H3. The molecule has 12 heavy (non-hydrogen) atoms. The first kappa shape index (κ1) is 8.28. The van der Waals surface area contributed by atoms with E-state index in [1.165, 1.54) is 19.3 Å². The average molecular weight is 166 g/mol. The molecule has 0 aromatic carbocycles. The van der Waals surface area contributed by atoms with Crippen LogP contribution in [0.4, 0.5) is 0 Å². The van der Waals surface area contributed by atoms with E-state index in [0.29, 0.717) is 11.7 Å². The molecule has 1 nitrogen and oxygen atoms in total. The smallest absolute Gasteiger partial charge is 0.136 e. The zero-order valence-electron chi connectivity index (χ0n) is 8.05. The molecule has 0 spiro atoms. The van der Waals surface area contributed by atoms with E-state index < -0.39 is 0 Å². The van der Waals surface area contributed by atoms with Gasteiger partial charge in [0, 0.05) is 12.3 Å². The highest BCUT2D eigenvalue weighted by Crippen LogP contribution is 2.57. The van der Waals surface area contributed by atoms with Crippen molar-refractivity contribution < 1.29 is 4.79 Å². The summed E-state index contributed by atoms with van der Waals surface area (Å²) in [6.45, 7) is 4.00. The van der Waals surface area contributed by atoms with Crippen LogP contribution >= 0.6 is 0 Å². The fourth-order valence-electron chi connectivity index (χ4n) is 3.45. The van der Waals surface area contributed by atoms with Crippen LogP contribution in [0.15, 0.2) is 0 Å². The Kier molecular flexibility index (Phi) is 1.97. The van der Waals surface area contributed by atoms with Crippen LogP contribution in [0.1, 0.15) is 39.5 Å². The minimum absolute atomic E-state index is 0.523. The maximum atomic E-state index is 11.3. The minimum atomic E-state index is 0.523. The van der Waals surface area contributed by atoms with Gasteiger partial charge < -0.3 is 0 Å². The van der Waals surface area contributed by atoms with Crippen molar-refractivity contribution in [1.82, 2.24) is 0 Å². The molecule has 0 saturated heterocycles. The maximum absolute atomic E-state index is 11.3. The topological polar surface area (TPSA) is 17.1 Å². The molecule has 0 aliphatic heterocycles. The summed E-state index contributed by atoms with van der Waals surface area (Å²) in [7, 11) is 0. The summed E-state index contributed by atoms with van der Waals surface area (Å²) in [5.74, 6) is 3.73. The number of Topliss-reactive ketones (excluding diaryl/α,β-unsaturated/α-hetero) is 1. The van der Waals surface area contributed by atoms with Crippen molar-refractivity contribution in [2.24, 2.45) is 23.7 Å². The summed E-state index contributed by atoms with van der Waals surface area (Å²) in [6, 6.07) is 0. The Bertz CT molecular complexity index is 195. The lowest BCUT2D eigenvalue weighted by Gasteiger charge is -2.33. The molecule has 4 fully saturated rings. The number of carbonyl (C=O) groups is 1. The van der Waals surface area contributed by atoms with Gasteiger partial charge in [-0.3, -0.25) is 4.79 Å². The van der Waals surface area contributed by atoms with Crippen molar-refractivity contribution in [3.63, 3.8) is 0 Å². The molecule has 1 heteroatoms. The Morgan fingerprint density at radius 3 is 2.08 bits per heavy atom. The van der Waals surface area contributed by atoms with E-state index in [-0.39, 0.29) is 0 Å². The number of hydrogen-bond acceptors (Lipinski definition) is 1. The van der Waals surface area contributed by atoms with E-state index in [1.807, 2.05) is 13.8 Å². The zero-order chi connectivity index (χ0) is 8.72. The molecule has 4 aliphatic carbocycles. The first-order valence-electron chi connectivity index (χ1n) is 5.37. The van der Waals surface area contributed by atoms with Crippen LogP contribution in [0.2, 0.25) is 0 Å². The van der Waals surface area contributed by atoms with Crippen molar-refractivity contribution in [3.05, 3.63) is 0 Å². The second-order valence-electron chi connectivity index (χ2n) is 4.26. The first-order valence-corrected chi connectivity index (χ1v) is 5.37. The van der Waals surface area contributed by atoms with Gasteiger partial charge in [-0.15, -0.1) is 0 Å². The molecular formula is C11H18O. The van der Waals surface area contributed by atoms with Crippen molar-refractivity contribution in [2.45, 2.75) is 39.5 Å². The molecule has 0 heterocycles. The van der Waals surface area contributed by atoms with Gasteiger partial charge in [0.15, 0.2) is 0 Å². The van der Waals surface area contributed by atoms with Crippen molar-refractivity contribution in [1.29, 1.82) is 0 Å². The summed E-state index contributed by atoms with van der Waals surface area (Å²) in [4.78, 5) is 11.3. The van der Waals surface area contributed by atoms with Gasteiger partial charge in [-0.2, -0.15) is 0 Å². The highest BCUT2D eigenvalue weighted by Gasteiger charge is 2.53. The molecule has 4 bridgehead atoms. The fraction of sp³-hybridized carbons (Fsp3) is 0.909. The van der Waals surface area contributed by atoms with Crippen molar-refractivity contribution >= 4 is 5.78 Å². The van der Waals surface area contributed by atoms with Crippen LogP contribution in [0.25, 0.3) is 0 Å². The van der Waals surface area contributed by atoms with Gasteiger partial charge in [0.1, 0.15) is 5.78 Å². The van der Waals surface area contributed by atoms with E-state index in [2.05, 4.69) is 0 Å². The van der Waals surface area contributed by atoms with Crippen LogP contribution in [-0.2, 0) is 4.79 Å². The van der Waals surface area contributed by atoms with Gasteiger partial charge >= 0.3 is 0 Å². The summed E-state index contributed by atoms with van der Waals surface area (Å²) in [5, 5.41) is 0. The highest BCUT2D eigenvalue weighted by molar-refractivity contribution is 5.84. The molecule has 4 aliphatic rings. The molecule has 0 N–H and O–H groups in total. The van der Waals surface area contributed by atoms with Gasteiger partial charge in [0.2, 0.25) is 0 Å². The Labute approximate surface area is 74.5 Å². The third kappa shape index (κ3) is 0.949. The lowest BCUT2D eigenvalue weighted by atomic mass is 9.70. The minimum Gasteiger partial charge on any atom is -0.299 e. The molecule has 0 aromatic rings. The van der Waals surface area contributed by atoms with Crippen molar-refractivity contribution in [2.75, 3.05) is 0 Å². The molecule has 4 unspecified atom stereocenters. The maximum Gasteiger partial charge on any atom is 0.136 e. The SMILES string of the molecule is CC.O=C1CC2CC3CC2CC13. The summed E-state index contributed by atoms with van der Waals surface area (Å²) in [6.07, 6.45) is 4.97. The molecule has 0 amide bonds. The number of fused-ring (bicyclic) bond motifs is 1. The van der Waals surface area contributed by atoms with Gasteiger partial charge in [-0.1, -0.05) is 13.8 Å². The average Bonchev–Trinajstić information content (AvgIpc) is 2.63. The number of hydrogen-bond donors (Lipinski definition) is 0. The molecule has 4 atom stereocenters.